The quantitative estimate of drug-likeness (QED) is 0.868. The molecule has 2 rings (SSSR count). The van der Waals surface area contributed by atoms with Gasteiger partial charge in [-0.1, -0.05) is 36.6 Å². The zero-order chi connectivity index (χ0) is 15.2. The smallest absolute Gasteiger partial charge is 0.246 e. The van der Waals surface area contributed by atoms with Crippen LogP contribution in [-0.2, 0) is 4.79 Å². The summed E-state index contributed by atoms with van der Waals surface area (Å²) in [5.41, 5.74) is 3.47. The number of aliphatic hydroxyl groups excluding tert-OH is 1. The molecule has 1 atom stereocenters. The third kappa shape index (κ3) is 4.18. The van der Waals surface area contributed by atoms with Gasteiger partial charge in [0, 0.05) is 12.6 Å². The number of benzene rings is 1. The Labute approximate surface area is 127 Å². The van der Waals surface area contributed by atoms with Crippen LogP contribution in [0, 0.1) is 13.8 Å². The first-order valence-corrected chi connectivity index (χ1v) is 7.78. The highest BCUT2D eigenvalue weighted by atomic mass is 16.3. The van der Waals surface area contributed by atoms with Crippen LogP contribution in [0.3, 0.4) is 0 Å². The minimum absolute atomic E-state index is 0.0101. The molecular formula is C18H25NO2. The summed E-state index contributed by atoms with van der Waals surface area (Å²) in [7, 11) is 0. The minimum atomic E-state index is -0.0243. The summed E-state index contributed by atoms with van der Waals surface area (Å²) in [5, 5.41) is 9.48. The Morgan fingerprint density at radius 1 is 1.33 bits per heavy atom. The normalized spacial score (nSPS) is 19.8. The molecule has 1 heterocycles. The SMILES string of the molecule is Cc1ccc(/C=C/C(=O)N2CCCCCC2CO)c(C)c1. The van der Waals surface area contributed by atoms with E-state index in [0.29, 0.717) is 0 Å². The number of aliphatic hydroxyl groups is 1. The molecule has 3 nitrogen and oxygen atoms in total. The van der Waals surface area contributed by atoms with Gasteiger partial charge in [0.25, 0.3) is 0 Å². The molecule has 0 aliphatic carbocycles. The van der Waals surface area contributed by atoms with Crippen LogP contribution in [0.2, 0.25) is 0 Å². The largest absolute Gasteiger partial charge is 0.394 e. The Balaban J connectivity index is 2.09. The van der Waals surface area contributed by atoms with Crippen molar-refractivity contribution >= 4 is 12.0 Å². The molecule has 1 aromatic rings. The zero-order valence-electron chi connectivity index (χ0n) is 13.0. The molecule has 1 aliphatic heterocycles. The van der Waals surface area contributed by atoms with Gasteiger partial charge in [0.1, 0.15) is 0 Å². The second kappa shape index (κ2) is 7.41. The average molecular weight is 287 g/mol. The van der Waals surface area contributed by atoms with Crippen molar-refractivity contribution in [3.05, 3.63) is 41.0 Å². The number of nitrogens with zero attached hydrogens (tertiary/aromatic N) is 1. The van der Waals surface area contributed by atoms with E-state index in [1.54, 1.807) is 6.08 Å². The summed E-state index contributed by atoms with van der Waals surface area (Å²) in [6, 6.07) is 6.19. The lowest BCUT2D eigenvalue weighted by atomic mass is 10.1. The van der Waals surface area contributed by atoms with E-state index in [4.69, 9.17) is 0 Å². The number of hydrogen-bond donors (Lipinski definition) is 1. The molecule has 0 aromatic heterocycles. The fourth-order valence-electron chi connectivity index (χ4n) is 2.93. The molecule has 114 valence electrons. The van der Waals surface area contributed by atoms with E-state index in [2.05, 4.69) is 26.0 Å². The molecule has 1 unspecified atom stereocenters. The topological polar surface area (TPSA) is 40.5 Å². The Morgan fingerprint density at radius 3 is 2.86 bits per heavy atom. The Hall–Kier alpha value is -1.61. The van der Waals surface area contributed by atoms with Crippen LogP contribution in [-0.4, -0.2) is 35.1 Å². The number of aryl methyl sites for hydroxylation is 2. The lowest BCUT2D eigenvalue weighted by Crippen LogP contribution is -2.41. The van der Waals surface area contributed by atoms with Crippen molar-refractivity contribution in [2.24, 2.45) is 0 Å². The highest BCUT2D eigenvalue weighted by Gasteiger charge is 2.23. The third-order valence-corrected chi connectivity index (χ3v) is 4.20. The zero-order valence-corrected chi connectivity index (χ0v) is 13.0. The maximum atomic E-state index is 12.4. The number of likely N-dealkylation sites (tertiary alicyclic amines) is 1. The number of carbonyl (C=O) groups excluding carboxylic acids is 1. The van der Waals surface area contributed by atoms with Gasteiger partial charge < -0.3 is 10.0 Å². The molecule has 1 saturated heterocycles. The van der Waals surface area contributed by atoms with Crippen LogP contribution >= 0.6 is 0 Å². The van der Waals surface area contributed by atoms with E-state index < -0.39 is 0 Å². The molecular weight excluding hydrogens is 262 g/mol. The van der Waals surface area contributed by atoms with E-state index in [9.17, 15) is 9.90 Å². The van der Waals surface area contributed by atoms with Gasteiger partial charge in [-0.15, -0.1) is 0 Å². The van der Waals surface area contributed by atoms with Crippen molar-refractivity contribution in [1.82, 2.24) is 4.90 Å². The van der Waals surface area contributed by atoms with Crippen LogP contribution < -0.4 is 0 Å². The highest BCUT2D eigenvalue weighted by molar-refractivity contribution is 5.92. The van der Waals surface area contributed by atoms with Crippen LogP contribution in [0.4, 0.5) is 0 Å². The van der Waals surface area contributed by atoms with Gasteiger partial charge in [0.15, 0.2) is 0 Å². The van der Waals surface area contributed by atoms with Gasteiger partial charge >= 0.3 is 0 Å². The number of rotatable bonds is 3. The Morgan fingerprint density at radius 2 is 2.14 bits per heavy atom. The van der Waals surface area contributed by atoms with Crippen LogP contribution in [0.15, 0.2) is 24.3 Å². The average Bonchev–Trinajstić information content (AvgIpc) is 2.71. The van der Waals surface area contributed by atoms with Crippen LogP contribution in [0.5, 0.6) is 0 Å². The Bertz CT molecular complexity index is 522. The first-order chi connectivity index (χ1) is 10.1. The van der Waals surface area contributed by atoms with E-state index in [-0.39, 0.29) is 18.6 Å². The molecule has 0 spiro atoms. The minimum Gasteiger partial charge on any atom is -0.394 e. The highest BCUT2D eigenvalue weighted by Crippen LogP contribution is 2.18. The van der Waals surface area contributed by atoms with Gasteiger partial charge in [-0.2, -0.15) is 0 Å². The molecule has 1 fully saturated rings. The first kappa shape index (κ1) is 15.8. The second-order valence-corrected chi connectivity index (χ2v) is 5.91. The molecule has 1 amide bonds. The van der Waals surface area contributed by atoms with Crippen LogP contribution in [0.1, 0.15) is 42.4 Å². The predicted molar refractivity (Wildman–Crippen MR) is 86.0 cm³/mol. The van der Waals surface area contributed by atoms with E-state index in [1.165, 1.54) is 11.1 Å². The fourth-order valence-corrected chi connectivity index (χ4v) is 2.93. The van der Waals surface area contributed by atoms with Crippen molar-refractivity contribution in [3.63, 3.8) is 0 Å². The summed E-state index contributed by atoms with van der Waals surface area (Å²) >= 11 is 0. The summed E-state index contributed by atoms with van der Waals surface area (Å²) in [6.45, 7) is 4.93. The molecule has 1 aliphatic rings. The number of amides is 1. The van der Waals surface area contributed by atoms with Gasteiger partial charge in [0.2, 0.25) is 5.91 Å². The maximum Gasteiger partial charge on any atom is 0.246 e. The molecule has 21 heavy (non-hydrogen) atoms. The second-order valence-electron chi connectivity index (χ2n) is 5.91. The van der Waals surface area contributed by atoms with Crippen molar-refractivity contribution in [1.29, 1.82) is 0 Å². The summed E-state index contributed by atoms with van der Waals surface area (Å²) in [6.07, 6.45) is 7.69. The first-order valence-electron chi connectivity index (χ1n) is 7.78. The molecule has 1 N–H and O–H groups in total. The molecule has 1 aromatic carbocycles. The van der Waals surface area contributed by atoms with E-state index >= 15 is 0 Å². The third-order valence-electron chi connectivity index (χ3n) is 4.20. The number of carbonyl (C=O) groups is 1. The van der Waals surface area contributed by atoms with Gasteiger partial charge in [0.05, 0.1) is 12.6 Å². The van der Waals surface area contributed by atoms with E-state index in [0.717, 1.165) is 37.8 Å². The lowest BCUT2D eigenvalue weighted by molar-refractivity contribution is -0.129. The lowest BCUT2D eigenvalue weighted by Gasteiger charge is -2.27. The molecule has 3 heteroatoms. The Kier molecular flexibility index (Phi) is 5.57. The molecule has 0 bridgehead atoms. The van der Waals surface area contributed by atoms with Gasteiger partial charge in [-0.3, -0.25) is 4.79 Å². The summed E-state index contributed by atoms with van der Waals surface area (Å²) in [5.74, 6) is 0.0101. The van der Waals surface area contributed by atoms with Crippen LogP contribution in [0.25, 0.3) is 6.08 Å². The molecule has 0 saturated carbocycles. The van der Waals surface area contributed by atoms with Gasteiger partial charge in [-0.25, -0.2) is 0 Å². The maximum absolute atomic E-state index is 12.4. The monoisotopic (exact) mass is 287 g/mol. The number of hydrogen-bond acceptors (Lipinski definition) is 2. The molecule has 0 radical (unpaired) electrons. The van der Waals surface area contributed by atoms with Crippen molar-refractivity contribution < 1.29 is 9.90 Å². The predicted octanol–water partition coefficient (Wildman–Crippen LogP) is 3.08. The van der Waals surface area contributed by atoms with Crippen molar-refractivity contribution in [2.45, 2.75) is 45.6 Å². The van der Waals surface area contributed by atoms with Crippen molar-refractivity contribution in [3.8, 4) is 0 Å². The summed E-state index contributed by atoms with van der Waals surface area (Å²) in [4.78, 5) is 14.2. The summed E-state index contributed by atoms with van der Waals surface area (Å²) < 4.78 is 0. The van der Waals surface area contributed by atoms with Crippen molar-refractivity contribution in [2.75, 3.05) is 13.2 Å². The fraction of sp³-hybridized carbons (Fsp3) is 0.500. The van der Waals surface area contributed by atoms with Gasteiger partial charge in [-0.05, 0) is 43.9 Å². The van der Waals surface area contributed by atoms with E-state index in [1.807, 2.05) is 17.0 Å². The standard InChI is InChI=1S/C18H25NO2/c1-14-7-8-16(15(2)12-14)9-10-18(21)19-11-5-3-4-6-17(19)13-20/h7-10,12,17,20H,3-6,11,13H2,1-2H3/b10-9+.